The van der Waals surface area contributed by atoms with Gasteiger partial charge in [0.15, 0.2) is 0 Å². The topological polar surface area (TPSA) is 21.3 Å². The number of halogens is 1. The highest BCUT2D eigenvalue weighted by Gasteiger charge is 2.21. The van der Waals surface area contributed by atoms with E-state index in [0.717, 1.165) is 34.9 Å². The summed E-state index contributed by atoms with van der Waals surface area (Å²) in [5.74, 6) is 0.802. The zero-order valence-corrected chi connectivity index (χ0v) is 12.5. The SMILES string of the molecule is COc1cc(Cl)c(C)cc1NC1Cc2ccccc2C1. The molecule has 1 N–H and O–H groups in total. The minimum absolute atomic E-state index is 0.418. The van der Waals surface area contributed by atoms with Crippen LogP contribution in [0, 0.1) is 6.92 Å². The van der Waals surface area contributed by atoms with Crippen LogP contribution in [0.2, 0.25) is 5.02 Å². The lowest BCUT2D eigenvalue weighted by molar-refractivity contribution is 0.416. The van der Waals surface area contributed by atoms with Crippen molar-refractivity contribution in [2.45, 2.75) is 25.8 Å². The van der Waals surface area contributed by atoms with Gasteiger partial charge in [0.1, 0.15) is 5.75 Å². The molecule has 0 unspecified atom stereocenters. The molecule has 0 saturated carbocycles. The lowest BCUT2D eigenvalue weighted by Crippen LogP contribution is -2.20. The monoisotopic (exact) mass is 287 g/mol. The number of hydrogen-bond donors (Lipinski definition) is 1. The Labute approximate surface area is 124 Å². The molecular formula is C17H18ClNO. The van der Waals surface area contributed by atoms with Gasteiger partial charge in [-0.15, -0.1) is 0 Å². The zero-order chi connectivity index (χ0) is 14.1. The van der Waals surface area contributed by atoms with Gasteiger partial charge >= 0.3 is 0 Å². The van der Waals surface area contributed by atoms with E-state index in [1.165, 1.54) is 11.1 Å². The highest BCUT2D eigenvalue weighted by atomic mass is 35.5. The average molecular weight is 288 g/mol. The predicted octanol–water partition coefficient (Wildman–Crippen LogP) is 4.24. The molecule has 2 aromatic rings. The maximum atomic E-state index is 6.15. The average Bonchev–Trinajstić information content (AvgIpc) is 2.84. The first-order chi connectivity index (χ1) is 9.67. The van der Waals surface area contributed by atoms with Gasteiger partial charge < -0.3 is 10.1 Å². The Morgan fingerprint density at radius 1 is 1.15 bits per heavy atom. The maximum Gasteiger partial charge on any atom is 0.143 e. The number of anilines is 1. The van der Waals surface area contributed by atoms with Gasteiger partial charge in [-0.05, 0) is 42.5 Å². The van der Waals surface area contributed by atoms with E-state index in [9.17, 15) is 0 Å². The van der Waals surface area contributed by atoms with Crippen LogP contribution in [-0.4, -0.2) is 13.2 Å². The number of rotatable bonds is 3. The van der Waals surface area contributed by atoms with E-state index in [4.69, 9.17) is 16.3 Å². The Morgan fingerprint density at radius 2 is 1.80 bits per heavy atom. The molecule has 0 spiro atoms. The second-order valence-electron chi connectivity index (χ2n) is 5.32. The summed E-state index contributed by atoms with van der Waals surface area (Å²) in [5.41, 5.74) is 4.96. The van der Waals surface area contributed by atoms with E-state index in [1.807, 2.05) is 13.0 Å². The highest BCUT2D eigenvalue weighted by Crippen LogP contribution is 2.33. The molecule has 0 amide bonds. The van der Waals surface area contributed by atoms with Crippen LogP contribution >= 0.6 is 11.6 Å². The highest BCUT2D eigenvalue weighted by molar-refractivity contribution is 6.31. The van der Waals surface area contributed by atoms with Gasteiger partial charge in [0, 0.05) is 17.1 Å². The molecule has 0 heterocycles. The molecule has 2 aromatic carbocycles. The van der Waals surface area contributed by atoms with E-state index in [2.05, 4.69) is 35.6 Å². The Kier molecular flexibility index (Phi) is 3.58. The summed E-state index contributed by atoms with van der Waals surface area (Å²) in [5, 5.41) is 4.33. The van der Waals surface area contributed by atoms with Gasteiger partial charge in [-0.2, -0.15) is 0 Å². The summed E-state index contributed by atoms with van der Waals surface area (Å²) in [7, 11) is 1.68. The fraction of sp³-hybridized carbons (Fsp3) is 0.294. The van der Waals surface area contributed by atoms with E-state index in [1.54, 1.807) is 7.11 Å². The van der Waals surface area contributed by atoms with Gasteiger partial charge in [0.25, 0.3) is 0 Å². The molecule has 3 rings (SSSR count). The molecule has 3 heteroatoms. The maximum absolute atomic E-state index is 6.15. The Hall–Kier alpha value is -1.67. The summed E-state index contributed by atoms with van der Waals surface area (Å²) in [4.78, 5) is 0. The standard InChI is InChI=1S/C17H18ClNO/c1-11-7-16(17(20-2)10-15(11)18)19-14-8-12-5-3-4-6-13(12)9-14/h3-7,10,14,19H,8-9H2,1-2H3. The van der Waals surface area contributed by atoms with Crippen LogP contribution in [0.1, 0.15) is 16.7 Å². The van der Waals surface area contributed by atoms with Crippen LogP contribution in [0.3, 0.4) is 0 Å². The third-order valence-corrected chi connectivity index (χ3v) is 4.30. The molecular weight excluding hydrogens is 270 g/mol. The summed E-state index contributed by atoms with van der Waals surface area (Å²) in [6.45, 7) is 2.01. The Morgan fingerprint density at radius 3 is 2.40 bits per heavy atom. The van der Waals surface area contributed by atoms with E-state index >= 15 is 0 Å². The second-order valence-corrected chi connectivity index (χ2v) is 5.73. The van der Waals surface area contributed by atoms with Crippen LogP contribution in [0.15, 0.2) is 36.4 Å². The number of benzene rings is 2. The molecule has 0 saturated heterocycles. The minimum Gasteiger partial charge on any atom is -0.495 e. The van der Waals surface area contributed by atoms with Crippen LogP contribution in [0.5, 0.6) is 5.75 Å². The van der Waals surface area contributed by atoms with Gasteiger partial charge in [0.2, 0.25) is 0 Å². The molecule has 20 heavy (non-hydrogen) atoms. The van der Waals surface area contributed by atoms with Crippen molar-refractivity contribution in [2.24, 2.45) is 0 Å². The summed E-state index contributed by atoms with van der Waals surface area (Å²) in [6, 6.07) is 13.0. The molecule has 0 atom stereocenters. The van der Waals surface area contributed by atoms with E-state index < -0.39 is 0 Å². The van der Waals surface area contributed by atoms with Crippen molar-refractivity contribution in [1.82, 2.24) is 0 Å². The molecule has 0 fully saturated rings. The van der Waals surface area contributed by atoms with Crippen LogP contribution in [0.25, 0.3) is 0 Å². The Bertz CT molecular complexity index is 614. The fourth-order valence-corrected chi connectivity index (χ4v) is 2.98. The van der Waals surface area contributed by atoms with Gasteiger partial charge in [-0.1, -0.05) is 35.9 Å². The number of methoxy groups -OCH3 is 1. The van der Waals surface area contributed by atoms with Crippen LogP contribution in [0.4, 0.5) is 5.69 Å². The van der Waals surface area contributed by atoms with Gasteiger partial charge in [-0.3, -0.25) is 0 Å². The van der Waals surface area contributed by atoms with Crippen LogP contribution < -0.4 is 10.1 Å². The first kappa shape index (κ1) is 13.3. The summed E-state index contributed by atoms with van der Waals surface area (Å²) < 4.78 is 5.42. The quantitative estimate of drug-likeness (QED) is 0.912. The number of aryl methyl sites for hydroxylation is 1. The van der Waals surface area contributed by atoms with Crippen molar-refractivity contribution in [2.75, 3.05) is 12.4 Å². The smallest absolute Gasteiger partial charge is 0.143 e. The third-order valence-electron chi connectivity index (χ3n) is 3.89. The molecule has 1 aliphatic carbocycles. The summed E-state index contributed by atoms with van der Waals surface area (Å²) >= 11 is 6.15. The molecule has 1 aliphatic rings. The fourth-order valence-electron chi connectivity index (χ4n) is 2.83. The molecule has 104 valence electrons. The van der Waals surface area contributed by atoms with Crippen LogP contribution in [-0.2, 0) is 12.8 Å². The molecule has 2 nitrogen and oxygen atoms in total. The van der Waals surface area contributed by atoms with Gasteiger partial charge in [0.05, 0.1) is 12.8 Å². The van der Waals surface area contributed by atoms with Crippen molar-refractivity contribution in [1.29, 1.82) is 0 Å². The second kappa shape index (κ2) is 5.37. The molecule has 0 aromatic heterocycles. The minimum atomic E-state index is 0.418. The van der Waals surface area contributed by atoms with Crippen molar-refractivity contribution in [3.8, 4) is 5.75 Å². The Balaban J connectivity index is 1.81. The first-order valence-electron chi connectivity index (χ1n) is 6.85. The molecule has 0 bridgehead atoms. The van der Waals surface area contributed by atoms with Crippen molar-refractivity contribution < 1.29 is 4.74 Å². The van der Waals surface area contributed by atoms with Crippen molar-refractivity contribution >= 4 is 17.3 Å². The number of hydrogen-bond acceptors (Lipinski definition) is 2. The molecule has 0 aliphatic heterocycles. The normalized spacial score (nSPS) is 14.2. The van der Waals surface area contributed by atoms with E-state index in [-0.39, 0.29) is 0 Å². The van der Waals surface area contributed by atoms with Crippen molar-refractivity contribution in [3.63, 3.8) is 0 Å². The summed E-state index contributed by atoms with van der Waals surface area (Å²) in [6.07, 6.45) is 2.11. The number of nitrogens with one attached hydrogen (secondary N) is 1. The third kappa shape index (κ3) is 2.48. The number of ether oxygens (including phenoxy) is 1. The van der Waals surface area contributed by atoms with Crippen molar-refractivity contribution in [3.05, 3.63) is 58.1 Å². The van der Waals surface area contributed by atoms with E-state index in [0.29, 0.717) is 6.04 Å². The lowest BCUT2D eigenvalue weighted by atomic mass is 10.1. The largest absolute Gasteiger partial charge is 0.495 e. The zero-order valence-electron chi connectivity index (χ0n) is 11.7. The number of fused-ring (bicyclic) bond motifs is 1. The first-order valence-corrected chi connectivity index (χ1v) is 7.22. The predicted molar refractivity (Wildman–Crippen MR) is 84.0 cm³/mol. The lowest BCUT2D eigenvalue weighted by Gasteiger charge is -2.17. The van der Waals surface area contributed by atoms with Gasteiger partial charge in [-0.25, -0.2) is 0 Å². The molecule has 0 radical (unpaired) electrons.